The Morgan fingerprint density at radius 3 is 3.08 bits per heavy atom. The third-order valence-electron chi connectivity index (χ3n) is 1.33. The second-order valence-electron chi connectivity index (χ2n) is 2.26. The van der Waals surface area contributed by atoms with Crippen molar-refractivity contribution in [3.8, 4) is 0 Å². The van der Waals surface area contributed by atoms with E-state index in [-0.39, 0.29) is 5.89 Å². The zero-order valence-electron chi connectivity index (χ0n) is 6.82. The van der Waals surface area contributed by atoms with Gasteiger partial charge in [-0.05, 0) is 6.42 Å². The Labute approximate surface area is 69.7 Å². The summed E-state index contributed by atoms with van der Waals surface area (Å²) in [6.07, 6.45) is 2.03. The van der Waals surface area contributed by atoms with Gasteiger partial charge in [-0.2, -0.15) is 4.98 Å². The Hall–Kier alpha value is -1.23. The van der Waals surface area contributed by atoms with Crippen LogP contribution in [0.4, 0.5) is 0 Å². The highest BCUT2D eigenvalue weighted by Gasteiger charge is 2.03. The first-order chi connectivity index (χ1) is 5.86. The molecule has 0 aliphatic carbocycles. The Morgan fingerprint density at radius 2 is 2.50 bits per heavy atom. The molecule has 0 aliphatic rings. The van der Waals surface area contributed by atoms with Gasteiger partial charge in [0.25, 0.3) is 5.89 Å². The number of hydrogen-bond acceptors (Lipinski definition) is 5. The summed E-state index contributed by atoms with van der Waals surface area (Å²) < 4.78 is 9.42. The number of carbonyl (C=O) groups is 1. The third-order valence-corrected chi connectivity index (χ3v) is 1.33. The van der Waals surface area contributed by atoms with Crippen LogP contribution in [-0.2, 0) is 11.2 Å². The number of aryl methyl sites for hydroxylation is 1. The van der Waals surface area contributed by atoms with Crippen LogP contribution in [0.15, 0.2) is 4.52 Å². The van der Waals surface area contributed by atoms with Crippen molar-refractivity contribution < 1.29 is 14.1 Å². The lowest BCUT2D eigenvalue weighted by Gasteiger charge is -1.92. The molecule has 0 bridgehead atoms. The van der Waals surface area contributed by atoms with E-state index in [2.05, 4.69) is 14.7 Å². The Bertz CT molecular complexity index is 247. The maximum absolute atomic E-state index is 10.1. The minimum Gasteiger partial charge on any atom is -0.385 e. The first-order valence-electron chi connectivity index (χ1n) is 3.63. The quantitative estimate of drug-likeness (QED) is 0.474. The molecule has 0 N–H and O–H groups in total. The molecule has 0 atom stereocenters. The van der Waals surface area contributed by atoms with Gasteiger partial charge in [0.1, 0.15) is 0 Å². The Morgan fingerprint density at radius 1 is 1.67 bits per heavy atom. The predicted octanol–water partition coefficient (Wildman–Crippen LogP) is 0.461. The van der Waals surface area contributed by atoms with E-state index in [0.29, 0.717) is 25.1 Å². The molecule has 5 heteroatoms. The second-order valence-corrected chi connectivity index (χ2v) is 2.26. The minimum atomic E-state index is 0.0300. The van der Waals surface area contributed by atoms with E-state index in [9.17, 15) is 4.79 Å². The van der Waals surface area contributed by atoms with E-state index < -0.39 is 0 Å². The molecule has 66 valence electrons. The van der Waals surface area contributed by atoms with Crippen LogP contribution in [0.5, 0.6) is 0 Å². The molecule has 0 aliphatic heterocycles. The van der Waals surface area contributed by atoms with E-state index >= 15 is 0 Å². The van der Waals surface area contributed by atoms with Gasteiger partial charge in [-0.3, -0.25) is 4.79 Å². The second kappa shape index (κ2) is 4.61. The average Bonchev–Trinajstić information content (AvgIpc) is 2.53. The standard InChI is InChI=1S/C7H10N2O3/c1-11-4-2-3-6-8-7(5-10)12-9-6/h5H,2-4H2,1H3. The van der Waals surface area contributed by atoms with E-state index in [1.54, 1.807) is 7.11 Å². The number of aromatic nitrogens is 2. The van der Waals surface area contributed by atoms with Gasteiger partial charge in [0, 0.05) is 20.1 Å². The molecule has 5 nitrogen and oxygen atoms in total. The fraction of sp³-hybridized carbons (Fsp3) is 0.571. The van der Waals surface area contributed by atoms with Gasteiger partial charge in [-0.1, -0.05) is 5.16 Å². The summed E-state index contributed by atoms with van der Waals surface area (Å²) in [4.78, 5) is 13.9. The van der Waals surface area contributed by atoms with Crippen LogP contribution in [0.25, 0.3) is 0 Å². The number of aldehydes is 1. The van der Waals surface area contributed by atoms with Crippen molar-refractivity contribution in [1.29, 1.82) is 0 Å². The van der Waals surface area contributed by atoms with Crippen molar-refractivity contribution in [2.24, 2.45) is 0 Å². The number of hydrogen-bond donors (Lipinski definition) is 0. The van der Waals surface area contributed by atoms with Gasteiger partial charge in [-0.15, -0.1) is 0 Å². The summed E-state index contributed by atoms with van der Waals surface area (Å²) in [6.45, 7) is 0.658. The smallest absolute Gasteiger partial charge is 0.290 e. The summed E-state index contributed by atoms with van der Waals surface area (Å²) in [5.74, 6) is 0.580. The highest BCUT2D eigenvalue weighted by molar-refractivity contribution is 5.66. The van der Waals surface area contributed by atoms with E-state index in [1.165, 1.54) is 0 Å². The van der Waals surface area contributed by atoms with Gasteiger partial charge in [0.05, 0.1) is 0 Å². The van der Waals surface area contributed by atoms with Crippen molar-refractivity contribution >= 4 is 6.29 Å². The van der Waals surface area contributed by atoms with Crippen LogP contribution in [-0.4, -0.2) is 30.1 Å². The largest absolute Gasteiger partial charge is 0.385 e. The number of methoxy groups -OCH3 is 1. The molecule has 0 saturated carbocycles. The molecular weight excluding hydrogens is 160 g/mol. The zero-order chi connectivity index (χ0) is 8.81. The maximum Gasteiger partial charge on any atom is 0.290 e. The molecule has 0 radical (unpaired) electrons. The van der Waals surface area contributed by atoms with Crippen molar-refractivity contribution in [2.75, 3.05) is 13.7 Å². The Kier molecular flexibility index (Phi) is 3.40. The average molecular weight is 170 g/mol. The lowest BCUT2D eigenvalue weighted by molar-refractivity contribution is 0.108. The third kappa shape index (κ3) is 2.43. The highest BCUT2D eigenvalue weighted by Crippen LogP contribution is 1.97. The predicted molar refractivity (Wildman–Crippen MR) is 39.9 cm³/mol. The lowest BCUT2D eigenvalue weighted by Crippen LogP contribution is -1.94. The number of ether oxygens (including phenoxy) is 1. The molecule has 0 saturated heterocycles. The molecule has 1 aromatic rings. The van der Waals surface area contributed by atoms with Crippen molar-refractivity contribution in [3.05, 3.63) is 11.7 Å². The van der Waals surface area contributed by atoms with Crippen molar-refractivity contribution in [2.45, 2.75) is 12.8 Å². The summed E-state index contributed by atoms with van der Waals surface area (Å²) in [7, 11) is 1.63. The summed E-state index contributed by atoms with van der Waals surface area (Å²) in [6, 6.07) is 0. The number of nitrogens with zero attached hydrogens (tertiary/aromatic N) is 2. The van der Waals surface area contributed by atoms with Crippen LogP contribution in [0, 0.1) is 0 Å². The van der Waals surface area contributed by atoms with Crippen molar-refractivity contribution in [3.63, 3.8) is 0 Å². The fourth-order valence-electron chi connectivity index (χ4n) is 0.792. The summed E-state index contributed by atoms with van der Waals surface area (Å²) in [5, 5.41) is 3.59. The van der Waals surface area contributed by atoms with Crippen LogP contribution >= 0.6 is 0 Å². The summed E-state index contributed by atoms with van der Waals surface area (Å²) >= 11 is 0. The van der Waals surface area contributed by atoms with Crippen LogP contribution in [0.2, 0.25) is 0 Å². The van der Waals surface area contributed by atoms with Gasteiger partial charge >= 0.3 is 0 Å². The van der Waals surface area contributed by atoms with Gasteiger partial charge in [0.15, 0.2) is 5.82 Å². The zero-order valence-corrected chi connectivity index (χ0v) is 6.82. The molecule has 1 aromatic heterocycles. The maximum atomic E-state index is 10.1. The molecule has 0 amide bonds. The molecule has 1 rings (SSSR count). The SMILES string of the molecule is COCCCc1noc(C=O)n1. The Balaban J connectivity index is 2.36. The molecule has 0 unspecified atom stereocenters. The van der Waals surface area contributed by atoms with E-state index in [0.717, 1.165) is 6.42 Å². The fourth-order valence-corrected chi connectivity index (χ4v) is 0.792. The van der Waals surface area contributed by atoms with Gasteiger partial charge in [-0.25, -0.2) is 0 Å². The molecule has 0 spiro atoms. The molecule has 1 heterocycles. The number of carbonyl (C=O) groups excluding carboxylic acids is 1. The van der Waals surface area contributed by atoms with Crippen LogP contribution in [0.3, 0.4) is 0 Å². The molecule has 0 fully saturated rings. The van der Waals surface area contributed by atoms with Gasteiger partial charge < -0.3 is 9.26 Å². The lowest BCUT2D eigenvalue weighted by atomic mass is 10.3. The molecule has 12 heavy (non-hydrogen) atoms. The molecule has 0 aromatic carbocycles. The monoisotopic (exact) mass is 170 g/mol. The topological polar surface area (TPSA) is 65.2 Å². The van der Waals surface area contributed by atoms with Crippen LogP contribution in [0.1, 0.15) is 22.9 Å². The van der Waals surface area contributed by atoms with Gasteiger partial charge in [0.2, 0.25) is 6.29 Å². The van der Waals surface area contributed by atoms with Crippen LogP contribution < -0.4 is 0 Å². The highest BCUT2D eigenvalue weighted by atomic mass is 16.5. The molecular formula is C7H10N2O3. The van der Waals surface area contributed by atoms with Crippen molar-refractivity contribution in [1.82, 2.24) is 10.1 Å². The minimum absolute atomic E-state index is 0.0300. The first kappa shape index (κ1) is 8.86. The number of rotatable bonds is 5. The summed E-state index contributed by atoms with van der Waals surface area (Å²) in [5.41, 5.74) is 0. The van der Waals surface area contributed by atoms with E-state index in [1.807, 2.05) is 0 Å². The normalized spacial score (nSPS) is 10.1. The van der Waals surface area contributed by atoms with E-state index in [4.69, 9.17) is 4.74 Å². The first-order valence-corrected chi connectivity index (χ1v) is 3.63.